The van der Waals surface area contributed by atoms with Gasteiger partial charge in [0.15, 0.2) is 0 Å². The number of rotatable bonds is 4. The van der Waals surface area contributed by atoms with Crippen LogP contribution in [-0.2, 0) is 0 Å². The van der Waals surface area contributed by atoms with Crippen LogP contribution in [0.1, 0.15) is 25.7 Å². The van der Waals surface area contributed by atoms with Gasteiger partial charge in [0.05, 0.1) is 0 Å². The minimum atomic E-state index is -0.189. The number of benzene rings is 1. The first kappa shape index (κ1) is 14.5. The van der Waals surface area contributed by atoms with Gasteiger partial charge < -0.3 is 5.32 Å². The molecular weight excluding hydrogens is 304 g/mol. The van der Waals surface area contributed by atoms with Crippen LogP contribution in [0.3, 0.4) is 0 Å². The zero-order chi connectivity index (χ0) is 14.5. The number of nitrogens with zero attached hydrogens (tertiary/aromatic N) is 3. The smallest absolute Gasteiger partial charge is 0.333 e. The molecule has 1 aliphatic carbocycles. The third-order valence-corrected chi connectivity index (χ3v) is 5.48. The van der Waals surface area contributed by atoms with Gasteiger partial charge in [-0.2, -0.15) is 4.68 Å². The van der Waals surface area contributed by atoms with Crippen molar-refractivity contribution >= 4 is 27.6 Å². The average Bonchev–Trinajstić information content (AvgIpc) is 3.17. The van der Waals surface area contributed by atoms with Crippen LogP contribution >= 0.6 is 21.6 Å². The number of nitrogens with one attached hydrogen (secondary N) is 1. The van der Waals surface area contributed by atoms with Crippen LogP contribution in [0.5, 0.6) is 0 Å². The van der Waals surface area contributed by atoms with Gasteiger partial charge in [0.2, 0.25) is 5.16 Å². The summed E-state index contributed by atoms with van der Waals surface area (Å²) in [6, 6.07) is 10.1. The highest BCUT2D eigenvalue weighted by Crippen LogP contribution is 2.34. The van der Waals surface area contributed by atoms with Crippen LogP contribution in [0.25, 0.3) is 0 Å². The van der Waals surface area contributed by atoms with Gasteiger partial charge in [-0.3, -0.25) is 0 Å². The molecule has 1 amide bonds. The minimum absolute atomic E-state index is 0.189. The summed E-state index contributed by atoms with van der Waals surface area (Å²) in [6.45, 7) is 0. The zero-order valence-corrected chi connectivity index (χ0v) is 13.1. The topological polar surface area (TPSA) is 59.8 Å². The van der Waals surface area contributed by atoms with Crippen molar-refractivity contribution in [2.75, 3.05) is 0 Å². The standard InChI is InChI=1S/C14H16N4OS2/c19-14(16-11-6-4-5-7-11)18-10-15-13(17-18)21-20-12-8-2-1-3-9-12/h1-3,8-11H,4-7H2,(H,16,19). The van der Waals surface area contributed by atoms with E-state index in [0.29, 0.717) is 5.16 Å². The number of hydrogen-bond donors (Lipinski definition) is 1. The van der Waals surface area contributed by atoms with Gasteiger partial charge in [0.1, 0.15) is 6.33 Å². The van der Waals surface area contributed by atoms with Crippen LogP contribution < -0.4 is 5.32 Å². The van der Waals surface area contributed by atoms with Crippen molar-refractivity contribution < 1.29 is 4.79 Å². The van der Waals surface area contributed by atoms with Crippen molar-refractivity contribution in [3.8, 4) is 0 Å². The Morgan fingerprint density at radius 3 is 2.71 bits per heavy atom. The molecule has 0 bridgehead atoms. The van der Waals surface area contributed by atoms with Crippen LogP contribution in [0.2, 0.25) is 0 Å². The lowest BCUT2D eigenvalue weighted by Crippen LogP contribution is -2.36. The lowest BCUT2D eigenvalue weighted by atomic mass is 10.3. The molecule has 2 aromatic rings. The average molecular weight is 320 g/mol. The quantitative estimate of drug-likeness (QED) is 0.873. The van der Waals surface area contributed by atoms with E-state index in [1.807, 2.05) is 30.3 Å². The highest BCUT2D eigenvalue weighted by Gasteiger charge is 2.18. The lowest BCUT2D eigenvalue weighted by Gasteiger charge is -2.10. The van der Waals surface area contributed by atoms with Crippen molar-refractivity contribution in [1.29, 1.82) is 0 Å². The van der Waals surface area contributed by atoms with E-state index >= 15 is 0 Å². The van der Waals surface area contributed by atoms with Gasteiger partial charge >= 0.3 is 6.03 Å². The van der Waals surface area contributed by atoms with Crippen molar-refractivity contribution in [2.45, 2.75) is 41.8 Å². The van der Waals surface area contributed by atoms with Crippen LogP contribution in [-0.4, -0.2) is 26.8 Å². The molecule has 0 unspecified atom stereocenters. The fraction of sp³-hybridized carbons (Fsp3) is 0.357. The van der Waals surface area contributed by atoms with Gasteiger partial charge in [-0.1, -0.05) is 31.0 Å². The molecule has 0 aliphatic heterocycles. The molecule has 110 valence electrons. The first-order valence-electron chi connectivity index (χ1n) is 6.93. The fourth-order valence-electron chi connectivity index (χ4n) is 2.26. The molecule has 0 radical (unpaired) electrons. The number of carbonyl (C=O) groups is 1. The second-order valence-corrected chi connectivity index (χ2v) is 7.05. The Hall–Kier alpha value is -1.47. The summed E-state index contributed by atoms with van der Waals surface area (Å²) in [5.41, 5.74) is 0. The van der Waals surface area contributed by atoms with E-state index in [2.05, 4.69) is 15.4 Å². The zero-order valence-electron chi connectivity index (χ0n) is 11.4. The summed E-state index contributed by atoms with van der Waals surface area (Å²) in [5, 5.41) is 7.78. The van der Waals surface area contributed by atoms with E-state index in [-0.39, 0.29) is 12.1 Å². The van der Waals surface area contributed by atoms with E-state index in [1.165, 1.54) is 34.6 Å². The van der Waals surface area contributed by atoms with Crippen molar-refractivity contribution in [3.05, 3.63) is 36.7 Å². The fourth-order valence-corrected chi connectivity index (χ4v) is 3.98. The molecule has 1 aromatic carbocycles. The molecule has 1 saturated carbocycles. The SMILES string of the molecule is O=C(NC1CCCC1)n1cnc(SSc2ccccc2)n1. The van der Waals surface area contributed by atoms with Gasteiger partial charge in [-0.05, 0) is 46.6 Å². The maximum absolute atomic E-state index is 12.0. The van der Waals surface area contributed by atoms with Gasteiger partial charge in [-0.15, -0.1) is 5.10 Å². The largest absolute Gasteiger partial charge is 0.343 e. The van der Waals surface area contributed by atoms with Gasteiger partial charge in [-0.25, -0.2) is 9.78 Å². The highest BCUT2D eigenvalue weighted by molar-refractivity contribution is 8.76. The summed E-state index contributed by atoms with van der Waals surface area (Å²) in [6.07, 6.45) is 5.98. The molecule has 1 aliphatic rings. The lowest BCUT2D eigenvalue weighted by molar-refractivity contribution is 0.235. The first-order chi connectivity index (χ1) is 10.3. The summed E-state index contributed by atoms with van der Waals surface area (Å²) < 4.78 is 1.28. The molecule has 1 aromatic heterocycles. The summed E-state index contributed by atoms with van der Waals surface area (Å²) in [7, 11) is 3.03. The molecule has 5 nitrogen and oxygen atoms in total. The van der Waals surface area contributed by atoms with Gasteiger partial charge in [0.25, 0.3) is 0 Å². The Kier molecular flexibility index (Phi) is 4.82. The number of carbonyl (C=O) groups excluding carboxylic acids is 1. The Balaban J connectivity index is 1.54. The van der Waals surface area contributed by atoms with E-state index in [1.54, 1.807) is 10.8 Å². The monoisotopic (exact) mass is 320 g/mol. The summed E-state index contributed by atoms with van der Waals surface area (Å²) in [5.74, 6) is 0. The Labute approximate surface area is 131 Å². The second kappa shape index (κ2) is 7.00. The summed E-state index contributed by atoms with van der Waals surface area (Å²) in [4.78, 5) is 17.3. The molecule has 1 heterocycles. The minimum Gasteiger partial charge on any atom is -0.333 e. The molecule has 7 heteroatoms. The van der Waals surface area contributed by atoms with Crippen molar-refractivity contribution in [2.24, 2.45) is 0 Å². The van der Waals surface area contributed by atoms with Crippen LogP contribution in [0.15, 0.2) is 46.7 Å². The Morgan fingerprint density at radius 1 is 1.19 bits per heavy atom. The number of aromatic nitrogens is 3. The van der Waals surface area contributed by atoms with E-state index in [0.717, 1.165) is 17.7 Å². The second-order valence-electron chi connectivity index (χ2n) is 4.88. The molecule has 3 rings (SSSR count). The molecule has 1 N–H and O–H groups in total. The third kappa shape index (κ3) is 4.01. The number of hydrogen-bond acceptors (Lipinski definition) is 5. The normalized spacial score (nSPS) is 15.2. The summed E-state index contributed by atoms with van der Waals surface area (Å²) >= 11 is 0. The van der Waals surface area contributed by atoms with Gasteiger partial charge in [0, 0.05) is 10.9 Å². The van der Waals surface area contributed by atoms with Crippen LogP contribution in [0.4, 0.5) is 4.79 Å². The predicted octanol–water partition coefficient (Wildman–Crippen LogP) is 3.58. The molecule has 0 atom stereocenters. The molecule has 0 saturated heterocycles. The van der Waals surface area contributed by atoms with Crippen LogP contribution in [0, 0.1) is 0 Å². The van der Waals surface area contributed by atoms with Crippen molar-refractivity contribution in [1.82, 2.24) is 20.1 Å². The Bertz CT molecular complexity index is 596. The maximum atomic E-state index is 12.0. The van der Waals surface area contributed by atoms with E-state index in [9.17, 15) is 4.79 Å². The molecule has 1 fully saturated rings. The predicted molar refractivity (Wildman–Crippen MR) is 84.4 cm³/mol. The highest BCUT2D eigenvalue weighted by atomic mass is 33.1. The van der Waals surface area contributed by atoms with E-state index in [4.69, 9.17) is 0 Å². The Morgan fingerprint density at radius 2 is 1.95 bits per heavy atom. The maximum Gasteiger partial charge on any atom is 0.343 e. The van der Waals surface area contributed by atoms with E-state index < -0.39 is 0 Å². The molecule has 0 spiro atoms. The van der Waals surface area contributed by atoms with Crippen molar-refractivity contribution in [3.63, 3.8) is 0 Å². The molecule has 21 heavy (non-hydrogen) atoms. The third-order valence-electron chi connectivity index (χ3n) is 3.32. The molecular formula is C14H16N4OS2. The number of amides is 1. The first-order valence-corrected chi connectivity index (χ1v) is 9.08.